The largest absolute Gasteiger partial charge is 0.504 e. The number of para-hydroxylation sites is 1. The highest BCUT2D eigenvalue weighted by atomic mass is 16.3. The summed E-state index contributed by atoms with van der Waals surface area (Å²) < 4.78 is 0. The molecule has 1 unspecified atom stereocenters. The molecule has 0 saturated heterocycles. The van der Waals surface area contributed by atoms with Crippen LogP contribution in [-0.4, -0.2) is 16.0 Å². The van der Waals surface area contributed by atoms with Gasteiger partial charge in [-0.1, -0.05) is 26.3 Å². The van der Waals surface area contributed by atoms with Crippen molar-refractivity contribution in [1.29, 1.82) is 0 Å². The average Bonchev–Trinajstić information content (AvgIpc) is 2.21. The van der Waals surface area contributed by atoms with Gasteiger partial charge in [-0.2, -0.15) is 0 Å². The van der Waals surface area contributed by atoms with Crippen molar-refractivity contribution in [2.75, 3.05) is 0 Å². The topological polar surface area (TPSA) is 57.5 Å². The van der Waals surface area contributed by atoms with E-state index in [4.69, 9.17) is 0 Å². The number of phenols is 2. The molecule has 1 aromatic rings. The van der Waals surface area contributed by atoms with E-state index >= 15 is 0 Å². The Morgan fingerprint density at radius 1 is 1.40 bits per heavy atom. The van der Waals surface area contributed by atoms with Crippen LogP contribution >= 0.6 is 0 Å². The van der Waals surface area contributed by atoms with E-state index in [-0.39, 0.29) is 28.8 Å². The monoisotopic (exact) mass is 208 g/mol. The number of carbonyl (C=O) groups excluding carboxylic acids is 1. The average molecular weight is 208 g/mol. The summed E-state index contributed by atoms with van der Waals surface area (Å²) in [7, 11) is 0. The molecule has 1 rings (SSSR count). The van der Waals surface area contributed by atoms with Crippen LogP contribution in [-0.2, 0) is 0 Å². The molecule has 0 aliphatic carbocycles. The number of aromatic hydroxyl groups is 2. The molecule has 0 aromatic heterocycles. The lowest BCUT2D eigenvalue weighted by molar-refractivity contribution is 0.0920. The Hall–Kier alpha value is -1.51. The Balaban J connectivity index is 2.96. The number of rotatable bonds is 4. The van der Waals surface area contributed by atoms with Crippen molar-refractivity contribution >= 4 is 5.78 Å². The van der Waals surface area contributed by atoms with Crippen molar-refractivity contribution in [1.82, 2.24) is 0 Å². The number of carbonyl (C=O) groups is 1. The van der Waals surface area contributed by atoms with Gasteiger partial charge in [-0.15, -0.1) is 0 Å². The Bertz CT molecular complexity index is 358. The van der Waals surface area contributed by atoms with E-state index in [1.807, 2.05) is 13.8 Å². The second-order valence-electron chi connectivity index (χ2n) is 3.73. The zero-order valence-electron chi connectivity index (χ0n) is 9.03. The minimum Gasteiger partial charge on any atom is -0.504 e. The van der Waals surface area contributed by atoms with Gasteiger partial charge in [0.25, 0.3) is 0 Å². The number of hydrogen-bond acceptors (Lipinski definition) is 3. The quantitative estimate of drug-likeness (QED) is 0.590. The minimum absolute atomic E-state index is 0.120. The van der Waals surface area contributed by atoms with Crippen LogP contribution in [0.4, 0.5) is 0 Å². The summed E-state index contributed by atoms with van der Waals surface area (Å²) in [6, 6.07) is 4.45. The molecular weight excluding hydrogens is 192 g/mol. The van der Waals surface area contributed by atoms with E-state index in [0.717, 1.165) is 12.8 Å². The molecule has 2 N–H and O–H groups in total. The molecule has 0 fully saturated rings. The molecule has 15 heavy (non-hydrogen) atoms. The van der Waals surface area contributed by atoms with Crippen LogP contribution in [0, 0.1) is 5.92 Å². The molecule has 0 aliphatic heterocycles. The molecule has 0 bridgehead atoms. The molecule has 0 saturated carbocycles. The van der Waals surface area contributed by atoms with Crippen molar-refractivity contribution < 1.29 is 15.0 Å². The zero-order valence-corrected chi connectivity index (χ0v) is 9.03. The van der Waals surface area contributed by atoms with Crippen LogP contribution in [0.1, 0.15) is 37.0 Å². The molecule has 3 nitrogen and oxygen atoms in total. The summed E-state index contributed by atoms with van der Waals surface area (Å²) in [5.41, 5.74) is 0.205. The van der Waals surface area contributed by atoms with Crippen LogP contribution < -0.4 is 0 Å². The van der Waals surface area contributed by atoms with E-state index in [2.05, 4.69) is 0 Å². The van der Waals surface area contributed by atoms with Crippen molar-refractivity contribution in [3.63, 3.8) is 0 Å². The first-order chi connectivity index (χ1) is 7.07. The van der Waals surface area contributed by atoms with Gasteiger partial charge in [0.2, 0.25) is 0 Å². The first-order valence-electron chi connectivity index (χ1n) is 5.13. The summed E-state index contributed by atoms with van der Waals surface area (Å²) in [6.07, 6.45) is 1.71. The fourth-order valence-corrected chi connectivity index (χ4v) is 1.56. The van der Waals surface area contributed by atoms with Gasteiger partial charge in [-0.25, -0.2) is 0 Å². The lowest BCUT2D eigenvalue weighted by Gasteiger charge is -2.10. The fraction of sp³-hybridized carbons (Fsp3) is 0.417. The third-order valence-electron chi connectivity index (χ3n) is 2.45. The van der Waals surface area contributed by atoms with Gasteiger partial charge in [-0.05, 0) is 18.6 Å². The highest BCUT2D eigenvalue weighted by molar-refractivity contribution is 6.00. The number of ketones is 1. The molecule has 0 spiro atoms. The second kappa shape index (κ2) is 4.82. The molecule has 82 valence electrons. The Morgan fingerprint density at radius 2 is 2.07 bits per heavy atom. The minimum atomic E-state index is -0.314. The number of phenolic OH excluding ortho intramolecular Hbond substituents is 2. The van der Waals surface area contributed by atoms with E-state index < -0.39 is 0 Å². The second-order valence-corrected chi connectivity index (χ2v) is 3.73. The van der Waals surface area contributed by atoms with Crippen molar-refractivity contribution in [2.24, 2.45) is 5.92 Å². The van der Waals surface area contributed by atoms with Crippen LogP contribution in [0.15, 0.2) is 18.2 Å². The summed E-state index contributed by atoms with van der Waals surface area (Å²) in [5, 5.41) is 18.8. The third-order valence-corrected chi connectivity index (χ3v) is 2.45. The summed E-state index contributed by atoms with van der Waals surface area (Å²) in [6.45, 7) is 3.83. The van der Waals surface area contributed by atoms with Crippen molar-refractivity contribution in [3.8, 4) is 11.5 Å². The fourth-order valence-electron chi connectivity index (χ4n) is 1.56. The van der Waals surface area contributed by atoms with Crippen LogP contribution in [0.2, 0.25) is 0 Å². The van der Waals surface area contributed by atoms with Crippen LogP contribution in [0.5, 0.6) is 11.5 Å². The van der Waals surface area contributed by atoms with Gasteiger partial charge in [0.1, 0.15) is 0 Å². The van der Waals surface area contributed by atoms with Gasteiger partial charge >= 0.3 is 0 Å². The molecule has 1 atom stereocenters. The van der Waals surface area contributed by atoms with Crippen LogP contribution in [0.3, 0.4) is 0 Å². The lowest BCUT2D eigenvalue weighted by atomic mass is 9.94. The van der Waals surface area contributed by atoms with Crippen molar-refractivity contribution in [3.05, 3.63) is 23.8 Å². The predicted molar refractivity (Wildman–Crippen MR) is 58.2 cm³/mol. The zero-order chi connectivity index (χ0) is 11.4. The molecule has 0 amide bonds. The Labute approximate surface area is 89.4 Å². The van der Waals surface area contributed by atoms with Crippen LogP contribution in [0.25, 0.3) is 0 Å². The normalized spacial score (nSPS) is 12.4. The number of benzene rings is 1. The highest BCUT2D eigenvalue weighted by Crippen LogP contribution is 2.30. The Kier molecular flexibility index (Phi) is 3.72. The van der Waals surface area contributed by atoms with E-state index in [1.54, 1.807) is 6.07 Å². The van der Waals surface area contributed by atoms with E-state index in [9.17, 15) is 15.0 Å². The predicted octanol–water partition coefficient (Wildman–Crippen LogP) is 2.72. The third kappa shape index (κ3) is 2.49. The smallest absolute Gasteiger partial charge is 0.169 e. The highest BCUT2D eigenvalue weighted by Gasteiger charge is 2.19. The lowest BCUT2D eigenvalue weighted by Crippen LogP contribution is -2.11. The molecule has 0 aliphatic rings. The van der Waals surface area contributed by atoms with Gasteiger partial charge in [0.05, 0.1) is 5.56 Å². The Morgan fingerprint density at radius 3 is 2.67 bits per heavy atom. The standard InChI is InChI=1S/C12H16O3/c1-3-5-8(2)11(14)9-6-4-7-10(13)12(9)15/h4,6-8,13,15H,3,5H2,1-2H3. The molecular formula is C12H16O3. The van der Waals surface area contributed by atoms with Gasteiger partial charge in [0, 0.05) is 5.92 Å². The first kappa shape index (κ1) is 11.6. The maximum atomic E-state index is 11.8. The van der Waals surface area contributed by atoms with Crippen molar-refractivity contribution in [2.45, 2.75) is 26.7 Å². The molecule has 1 aromatic carbocycles. The van der Waals surface area contributed by atoms with Gasteiger partial charge < -0.3 is 10.2 Å². The van der Waals surface area contributed by atoms with Gasteiger partial charge in [-0.3, -0.25) is 4.79 Å². The summed E-state index contributed by atoms with van der Waals surface area (Å²) >= 11 is 0. The maximum absolute atomic E-state index is 11.8. The van der Waals surface area contributed by atoms with E-state index in [1.165, 1.54) is 12.1 Å². The summed E-state index contributed by atoms with van der Waals surface area (Å²) in [5.74, 6) is -0.803. The molecule has 0 heterocycles. The molecule has 3 heteroatoms. The van der Waals surface area contributed by atoms with E-state index in [0.29, 0.717) is 0 Å². The SMILES string of the molecule is CCCC(C)C(=O)c1cccc(O)c1O. The number of Topliss-reactive ketones (excluding diaryl/α,β-unsaturated/α-hetero) is 1. The maximum Gasteiger partial charge on any atom is 0.169 e. The number of hydrogen-bond donors (Lipinski definition) is 2. The molecule has 0 radical (unpaired) electrons. The van der Waals surface area contributed by atoms with Gasteiger partial charge in [0.15, 0.2) is 17.3 Å². The first-order valence-corrected chi connectivity index (χ1v) is 5.13. The summed E-state index contributed by atoms with van der Waals surface area (Å²) in [4.78, 5) is 11.8.